The molecule has 22 nitrogen and oxygen atoms in total. The van der Waals surface area contributed by atoms with Crippen LogP contribution < -0.4 is 20.7 Å². The summed E-state index contributed by atoms with van der Waals surface area (Å²) in [6.45, 7) is 11.6. The number of para-hydroxylation sites is 1. The zero-order valence-corrected chi connectivity index (χ0v) is 59.7. The monoisotopic (exact) mass is 1450 g/mol. The average Bonchev–Trinajstić information content (AvgIpc) is 1.06. The number of ether oxygens (including phenoxy) is 1. The van der Waals surface area contributed by atoms with Gasteiger partial charge in [0, 0.05) is 79.8 Å². The minimum absolute atomic E-state index is 0. The van der Waals surface area contributed by atoms with Crippen LogP contribution in [0.4, 0.5) is 4.39 Å². The fraction of sp³-hybridized carbons (Fsp3) is 0.260. The molecule has 3 N–H and O–H groups in total. The second kappa shape index (κ2) is 31.1. The Kier molecular flexibility index (Phi) is 21.4. The van der Waals surface area contributed by atoms with E-state index in [4.69, 9.17) is 28.3 Å². The fourth-order valence-electron chi connectivity index (χ4n) is 12.7. The lowest BCUT2D eigenvalue weighted by atomic mass is 10.1. The lowest BCUT2D eigenvalue weighted by Crippen LogP contribution is -2.38. The predicted octanol–water partition coefficient (Wildman–Crippen LogP) is 14.8. The number of methoxy groups -OCH3 is 1. The Balaban J connectivity index is 0.000000221. The Hall–Kier alpha value is -10.4. The number of hydrogen-bond donors (Lipinski definition) is 3. The van der Waals surface area contributed by atoms with Gasteiger partial charge in [0.25, 0.3) is 0 Å². The number of aryl methyl sites for hydroxylation is 4. The Morgan fingerprint density at radius 2 is 0.748 bits per heavy atom. The zero-order chi connectivity index (χ0) is 71.8. The van der Waals surface area contributed by atoms with Crippen molar-refractivity contribution in [1.29, 1.82) is 0 Å². The van der Waals surface area contributed by atoms with Crippen LogP contribution in [0.2, 0.25) is 0 Å². The van der Waals surface area contributed by atoms with Crippen LogP contribution in [0.1, 0.15) is 69.7 Å². The van der Waals surface area contributed by atoms with E-state index in [-0.39, 0.29) is 13.8 Å². The van der Waals surface area contributed by atoms with Gasteiger partial charge in [-0.05, 0) is 152 Å². The van der Waals surface area contributed by atoms with Gasteiger partial charge in [0.1, 0.15) is 45.7 Å². The van der Waals surface area contributed by atoms with Crippen LogP contribution in [-0.2, 0) is 29.5 Å². The van der Waals surface area contributed by atoms with E-state index < -0.39 is 45.8 Å². The largest absolute Gasteiger partial charge is 0.496 e. The third kappa shape index (κ3) is 15.7. The van der Waals surface area contributed by atoms with Crippen LogP contribution in [0.3, 0.4) is 0 Å². The van der Waals surface area contributed by atoms with Crippen molar-refractivity contribution in [3.05, 3.63) is 211 Å². The van der Waals surface area contributed by atoms with Gasteiger partial charge in [0.15, 0.2) is 46.8 Å². The first kappa shape index (κ1) is 71.1. The predicted molar refractivity (Wildman–Crippen MR) is 403 cm³/mol. The van der Waals surface area contributed by atoms with Crippen LogP contribution in [0.15, 0.2) is 211 Å². The molecule has 103 heavy (non-hydrogen) atoms. The number of sulfone groups is 3. The first-order valence-corrected chi connectivity index (χ1v) is 38.5. The van der Waals surface area contributed by atoms with Crippen LogP contribution in [0.25, 0.3) is 102 Å². The molecular weight excluding hydrogens is 1370 g/mol. The van der Waals surface area contributed by atoms with E-state index in [0.29, 0.717) is 139 Å². The van der Waals surface area contributed by atoms with Crippen molar-refractivity contribution in [2.24, 2.45) is 0 Å². The number of nitrogens with zero attached hydrogens (tertiary/aromatic N) is 9. The lowest BCUT2D eigenvalue weighted by Gasteiger charge is -2.22. The highest BCUT2D eigenvalue weighted by molar-refractivity contribution is 7.92. The van der Waals surface area contributed by atoms with Crippen molar-refractivity contribution < 1.29 is 56.5 Å². The zero-order valence-electron chi connectivity index (χ0n) is 57.2. The third-order valence-electron chi connectivity index (χ3n) is 18.6. The maximum atomic E-state index is 14.1. The van der Waals surface area contributed by atoms with Gasteiger partial charge in [-0.1, -0.05) is 100 Å². The van der Waals surface area contributed by atoms with Crippen molar-refractivity contribution in [3.8, 4) is 108 Å². The smallest absolute Gasteiger partial charge is 0.187 e. The summed E-state index contributed by atoms with van der Waals surface area (Å²) in [6, 6.07) is 47.6. The second-order valence-corrected chi connectivity index (χ2v) is 32.1. The summed E-state index contributed by atoms with van der Waals surface area (Å²) in [4.78, 5) is 28.6. The summed E-state index contributed by atoms with van der Waals surface area (Å²) in [6.07, 6.45) is 9.60. The molecule has 0 aliphatic carbocycles. The first-order valence-electron chi connectivity index (χ1n) is 33.9. The number of nitrogens with one attached hydrogen (secondary N) is 3. The van der Waals surface area contributed by atoms with E-state index in [1.165, 1.54) is 6.07 Å². The highest BCUT2D eigenvalue weighted by atomic mass is 32.2. The maximum Gasteiger partial charge on any atom is 0.187 e. The molecule has 3 fully saturated rings. The van der Waals surface area contributed by atoms with Crippen molar-refractivity contribution in [2.75, 3.05) is 46.4 Å². The summed E-state index contributed by atoms with van der Waals surface area (Å²) < 4.78 is 114. The van der Waals surface area contributed by atoms with Crippen molar-refractivity contribution in [2.45, 2.75) is 96.7 Å². The van der Waals surface area contributed by atoms with E-state index in [2.05, 4.69) is 51.4 Å². The summed E-state index contributed by atoms with van der Waals surface area (Å²) in [5.74, 6) is 1.70. The van der Waals surface area contributed by atoms with Crippen molar-refractivity contribution in [1.82, 2.24) is 61.3 Å². The highest BCUT2D eigenvalue weighted by Gasteiger charge is 2.32. The van der Waals surface area contributed by atoms with Gasteiger partial charge in [-0.15, -0.1) is 0 Å². The first-order chi connectivity index (χ1) is 49.8. The summed E-state index contributed by atoms with van der Waals surface area (Å²) in [5.41, 5.74) is 12.8. The normalized spacial score (nSPS) is 16.4. The van der Waals surface area contributed by atoms with Crippen LogP contribution in [-0.4, -0.2) is 133 Å². The fourth-order valence-corrected chi connectivity index (χ4v) is 17.8. The molecule has 0 spiro atoms. The SMILES string of the molecule is COc1ccccc1-c1cc(-c2nc(-c3ccc(S(=O)(=O)C4CCCNC4)cc3)cnc2C)on1.Cc1ccccc1-c1cc(-c2nc(-c3ccc(S(=O)(=O)C4CCCNC4)cc3)cnc2C)on1.Cc1ncc(-c2ccc(S(=O)(=O)C3CCCNC3)cc2)nc1-c1cc(-c2ccccc2F)no1.[HH].[HH].[HH].[HH].[HH].[HH]. The Morgan fingerprint density at radius 1 is 0.417 bits per heavy atom. The lowest BCUT2D eigenvalue weighted by molar-refractivity contribution is 0.413. The standard InChI is InChI=1S/C26H26N4O4S.C26H26N4O3S.C25H23FN4O3S.6H2/c1-17-26(25-14-22(30-34-25)21-7-3-4-8-24(21)33-2)29-23(16-28-17)18-9-11-19(12-10-18)35(31,32)20-6-5-13-27-15-20;1-17-6-3-4-8-22(17)23-14-25(33-30-23)26-18(2)28-16-24(29-26)19-9-11-20(12-10-19)34(31,32)21-7-5-13-27-15-21;1-16-25(24-13-22(30-33-24)20-6-2-3-7-21(20)26)29-23(15-28-16)17-8-10-18(11-9-17)34(31,32)19-5-4-12-27-14-19;;;;;;/h3-4,7-12,14,16,20,27H,5-6,13,15H2,1-2H3;3-4,6,8-12,14,16,21,27H,5,7,13,15H2,1-2H3;2-3,6-11,13,15,19,27H,4-5,12,14H2,1H3;6*1H. The molecule has 9 heterocycles. The van der Waals surface area contributed by atoms with E-state index >= 15 is 0 Å². The molecule has 6 aromatic carbocycles. The molecule has 0 radical (unpaired) electrons. The van der Waals surface area contributed by atoms with E-state index in [9.17, 15) is 29.6 Å². The second-order valence-electron chi connectivity index (χ2n) is 25.4. The molecule has 540 valence electrons. The molecule has 3 aliphatic heterocycles. The molecule has 3 saturated heterocycles. The molecule has 3 aliphatic rings. The quantitative estimate of drug-likeness (QED) is 0.0809. The Bertz CT molecular complexity index is 5160. The Morgan fingerprint density at radius 3 is 1.10 bits per heavy atom. The number of benzene rings is 6. The molecule has 12 aromatic rings. The van der Waals surface area contributed by atoms with Gasteiger partial charge in [0.2, 0.25) is 0 Å². The minimum Gasteiger partial charge on any atom is -0.496 e. The topological polar surface area (TPSA) is 303 Å². The number of aromatic nitrogens is 9. The van der Waals surface area contributed by atoms with Crippen LogP contribution in [0, 0.1) is 33.5 Å². The van der Waals surface area contributed by atoms with Gasteiger partial charge < -0.3 is 34.3 Å². The van der Waals surface area contributed by atoms with E-state index in [0.717, 1.165) is 83.7 Å². The summed E-state index contributed by atoms with van der Waals surface area (Å²) in [5, 5.41) is 20.8. The summed E-state index contributed by atoms with van der Waals surface area (Å²) >= 11 is 0. The maximum absolute atomic E-state index is 14.1. The molecule has 0 saturated carbocycles. The van der Waals surface area contributed by atoms with Crippen LogP contribution in [0.5, 0.6) is 5.75 Å². The van der Waals surface area contributed by atoms with Gasteiger partial charge >= 0.3 is 0 Å². The average molecular weight is 1460 g/mol. The molecule has 26 heteroatoms. The molecule has 6 aromatic heterocycles. The van der Waals surface area contributed by atoms with Gasteiger partial charge in [-0.25, -0.2) is 44.6 Å². The minimum atomic E-state index is -3.40. The van der Waals surface area contributed by atoms with Gasteiger partial charge in [-0.3, -0.25) is 15.0 Å². The molecule has 3 unspecified atom stereocenters. The van der Waals surface area contributed by atoms with Gasteiger partial charge in [0.05, 0.1) is 90.3 Å². The van der Waals surface area contributed by atoms with E-state index in [1.54, 1.807) is 130 Å². The van der Waals surface area contributed by atoms with Crippen molar-refractivity contribution in [3.63, 3.8) is 0 Å². The van der Waals surface area contributed by atoms with Crippen molar-refractivity contribution >= 4 is 29.5 Å². The molecular formula is C77H87FN12O10S3. The Labute approximate surface area is 605 Å². The molecule has 3 atom stereocenters. The summed E-state index contributed by atoms with van der Waals surface area (Å²) in [7, 11) is -8.53. The number of halogens is 1. The third-order valence-corrected chi connectivity index (χ3v) is 25.2. The molecule has 0 amide bonds. The number of piperidine rings is 3. The molecule has 0 bridgehead atoms. The van der Waals surface area contributed by atoms with Crippen LogP contribution >= 0.6 is 0 Å². The number of hydrogen-bond acceptors (Lipinski definition) is 22. The molecule has 15 rings (SSSR count). The number of rotatable bonds is 16. The highest BCUT2D eigenvalue weighted by Crippen LogP contribution is 2.36. The van der Waals surface area contributed by atoms with E-state index in [1.807, 2.05) is 81.4 Å². The van der Waals surface area contributed by atoms with Gasteiger partial charge in [-0.2, -0.15) is 0 Å².